The lowest BCUT2D eigenvalue weighted by atomic mass is 10.1. The van der Waals surface area contributed by atoms with Gasteiger partial charge in [-0.15, -0.1) is 0 Å². The molecule has 104 valence electrons. The third-order valence-corrected chi connectivity index (χ3v) is 2.65. The standard InChI is InChI=1S/C12H18N4O3/c1-8(2)16(6-4-11(13)15-19)12(18)9-3-5-14-7-10(9)17/h3,5,7-8,17,19H,4,6H2,1-2H3,(H2,13,15). The Bertz CT molecular complexity index is 474. The number of nitrogens with zero attached hydrogens (tertiary/aromatic N) is 3. The van der Waals surface area contributed by atoms with Crippen molar-refractivity contribution in [2.75, 3.05) is 6.54 Å². The molecule has 0 spiro atoms. The van der Waals surface area contributed by atoms with Crippen LogP contribution in [0.5, 0.6) is 5.75 Å². The number of hydrogen-bond acceptors (Lipinski definition) is 5. The molecule has 1 heterocycles. The number of hydrogen-bond donors (Lipinski definition) is 3. The maximum absolute atomic E-state index is 12.3. The summed E-state index contributed by atoms with van der Waals surface area (Å²) in [6, 6.07) is 1.38. The molecule has 0 unspecified atom stereocenters. The van der Waals surface area contributed by atoms with Gasteiger partial charge in [-0.3, -0.25) is 9.78 Å². The second-order valence-electron chi connectivity index (χ2n) is 4.33. The van der Waals surface area contributed by atoms with Crippen LogP contribution in [0.1, 0.15) is 30.6 Å². The van der Waals surface area contributed by atoms with E-state index >= 15 is 0 Å². The Labute approximate surface area is 111 Å². The maximum atomic E-state index is 12.3. The van der Waals surface area contributed by atoms with Crippen LogP contribution in [-0.4, -0.2) is 44.5 Å². The van der Waals surface area contributed by atoms with Crippen molar-refractivity contribution in [1.82, 2.24) is 9.88 Å². The van der Waals surface area contributed by atoms with E-state index in [9.17, 15) is 9.90 Å². The van der Waals surface area contributed by atoms with E-state index in [1.165, 1.54) is 23.4 Å². The molecule has 0 fully saturated rings. The van der Waals surface area contributed by atoms with Gasteiger partial charge in [-0.2, -0.15) is 0 Å². The van der Waals surface area contributed by atoms with E-state index in [2.05, 4.69) is 10.1 Å². The summed E-state index contributed by atoms with van der Waals surface area (Å²) in [6.07, 6.45) is 2.91. The molecule has 0 saturated carbocycles. The van der Waals surface area contributed by atoms with Crippen molar-refractivity contribution in [2.45, 2.75) is 26.3 Å². The Morgan fingerprint density at radius 3 is 2.79 bits per heavy atom. The molecule has 1 rings (SSSR count). The molecule has 0 radical (unpaired) electrons. The summed E-state index contributed by atoms with van der Waals surface area (Å²) in [5.74, 6) is -0.431. The average molecular weight is 266 g/mol. The fourth-order valence-corrected chi connectivity index (χ4v) is 1.60. The van der Waals surface area contributed by atoms with Gasteiger partial charge in [0.1, 0.15) is 11.6 Å². The lowest BCUT2D eigenvalue weighted by Gasteiger charge is -2.26. The van der Waals surface area contributed by atoms with Crippen molar-refractivity contribution in [2.24, 2.45) is 10.9 Å². The molecule has 0 aliphatic carbocycles. The molecule has 7 nitrogen and oxygen atoms in total. The predicted octanol–water partition coefficient (Wildman–Crippen LogP) is 0.774. The Morgan fingerprint density at radius 2 is 2.26 bits per heavy atom. The van der Waals surface area contributed by atoms with Gasteiger partial charge in [-0.1, -0.05) is 5.16 Å². The van der Waals surface area contributed by atoms with Crippen LogP contribution in [0.2, 0.25) is 0 Å². The van der Waals surface area contributed by atoms with Crippen LogP contribution in [-0.2, 0) is 0 Å². The molecule has 0 atom stereocenters. The Hall–Kier alpha value is -2.31. The minimum Gasteiger partial charge on any atom is -0.505 e. The molecule has 0 bridgehead atoms. The van der Waals surface area contributed by atoms with Crippen LogP contribution in [0, 0.1) is 0 Å². The molecule has 0 aromatic carbocycles. The highest BCUT2D eigenvalue weighted by atomic mass is 16.4. The highest BCUT2D eigenvalue weighted by molar-refractivity contribution is 5.97. The minimum absolute atomic E-state index is 0.0531. The molecule has 1 aromatic rings. The van der Waals surface area contributed by atoms with Crippen LogP contribution in [0.4, 0.5) is 0 Å². The third-order valence-electron chi connectivity index (χ3n) is 2.65. The lowest BCUT2D eigenvalue weighted by molar-refractivity contribution is 0.0707. The first-order valence-corrected chi connectivity index (χ1v) is 5.87. The summed E-state index contributed by atoms with van der Waals surface area (Å²) < 4.78 is 0. The maximum Gasteiger partial charge on any atom is 0.257 e. The normalized spacial score (nSPS) is 11.6. The first-order chi connectivity index (χ1) is 8.97. The molecule has 1 aromatic heterocycles. The van der Waals surface area contributed by atoms with E-state index in [1.54, 1.807) is 0 Å². The van der Waals surface area contributed by atoms with E-state index in [4.69, 9.17) is 10.9 Å². The molecular weight excluding hydrogens is 248 g/mol. The van der Waals surface area contributed by atoms with Crippen molar-refractivity contribution >= 4 is 11.7 Å². The van der Waals surface area contributed by atoms with Crippen molar-refractivity contribution < 1.29 is 15.1 Å². The summed E-state index contributed by atoms with van der Waals surface area (Å²) in [4.78, 5) is 17.6. The van der Waals surface area contributed by atoms with Gasteiger partial charge in [-0.25, -0.2) is 0 Å². The van der Waals surface area contributed by atoms with E-state index in [0.717, 1.165) is 0 Å². The van der Waals surface area contributed by atoms with Gasteiger partial charge in [0, 0.05) is 25.2 Å². The second kappa shape index (κ2) is 6.58. The van der Waals surface area contributed by atoms with Crippen LogP contribution < -0.4 is 5.73 Å². The van der Waals surface area contributed by atoms with Crippen LogP contribution in [0.3, 0.4) is 0 Å². The fraction of sp³-hybridized carbons (Fsp3) is 0.417. The number of amides is 1. The van der Waals surface area contributed by atoms with Crippen LogP contribution in [0.15, 0.2) is 23.6 Å². The summed E-state index contributed by atoms with van der Waals surface area (Å²) in [5, 5.41) is 21.0. The van der Waals surface area contributed by atoms with Gasteiger partial charge in [0.15, 0.2) is 0 Å². The lowest BCUT2D eigenvalue weighted by Crippen LogP contribution is -2.39. The second-order valence-corrected chi connectivity index (χ2v) is 4.33. The number of pyridine rings is 1. The molecule has 4 N–H and O–H groups in total. The van der Waals surface area contributed by atoms with E-state index in [-0.39, 0.29) is 35.5 Å². The number of carbonyl (C=O) groups is 1. The van der Waals surface area contributed by atoms with Gasteiger partial charge in [0.2, 0.25) is 0 Å². The Balaban J connectivity index is 2.88. The Morgan fingerprint density at radius 1 is 1.58 bits per heavy atom. The quantitative estimate of drug-likeness (QED) is 0.315. The van der Waals surface area contributed by atoms with Gasteiger partial charge >= 0.3 is 0 Å². The SMILES string of the molecule is CC(C)N(CC/C(N)=N/O)C(=O)c1ccncc1O. The summed E-state index contributed by atoms with van der Waals surface area (Å²) in [7, 11) is 0. The summed E-state index contributed by atoms with van der Waals surface area (Å²) >= 11 is 0. The summed E-state index contributed by atoms with van der Waals surface area (Å²) in [5.41, 5.74) is 5.58. The van der Waals surface area contributed by atoms with Crippen molar-refractivity contribution in [1.29, 1.82) is 0 Å². The largest absolute Gasteiger partial charge is 0.505 e. The van der Waals surface area contributed by atoms with Crippen LogP contribution >= 0.6 is 0 Å². The zero-order chi connectivity index (χ0) is 14.4. The fourth-order valence-electron chi connectivity index (χ4n) is 1.60. The van der Waals surface area contributed by atoms with E-state index in [0.29, 0.717) is 6.54 Å². The molecule has 0 aliphatic rings. The van der Waals surface area contributed by atoms with E-state index in [1.807, 2.05) is 13.8 Å². The zero-order valence-corrected chi connectivity index (χ0v) is 10.9. The smallest absolute Gasteiger partial charge is 0.257 e. The third kappa shape index (κ3) is 3.84. The monoisotopic (exact) mass is 266 g/mol. The molecular formula is C12H18N4O3. The van der Waals surface area contributed by atoms with Crippen molar-refractivity contribution in [3.05, 3.63) is 24.0 Å². The Kier molecular flexibility index (Phi) is 5.11. The van der Waals surface area contributed by atoms with Gasteiger partial charge in [-0.05, 0) is 19.9 Å². The molecule has 0 aliphatic heterocycles. The molecule has 7 heteroatoms. The topological polar surface area (TPSA) is 112 Å². The first kappa shape index (κ1) is 14.7. The van der Waals surface area contributed by atoms with E-state index < -0.39 is 0 Å². The average Bonchev–Trinajstić information content (AvgIpc) is 2.38. The number of rotatable bonds is 5. The minimum atomic E-state index is -0.319. The molecule has 0 saturated heterocycles. The number of aromatic hydroxyl groups is 1. The number of oxime groups is 1. The van der Waals surface area contributed by atoms with Gasteiger partial charge < -0.3 is 20.9 Å². The number of carbonyl (C=O) groups excluding carboxylic acids is 1. The van der Waals surface area contributed by atoms with Crippen LogP contribution in [0.25, 0.3) is 0 Å². The number of amidine groups is 1. The van der Waals surface area contributed by atoms with Crippen molar-refractivity contribution in [3.63, 3.8) is 0 Å². The van der Waals surface area contributed by atoms with Gasteiger partial charge in [0.25, 0.3) is 5.91 Å². The number of nitrogens with two attached hydrogens (primary N) is 1. The first-order valence-electron chi connectivity index (χ1n) is 5.87. The summed E-state index contributed by atoms with van der Waals surface area (Å²) in [6.45, 7) is 4.00. The molecule has 19 heavy (non-hydrogen) atoms. The van der Waals surface area contributed by atoms with Gasteiger partial charge in [0.05, 0.1) is 11.8 Å². The molecule has 1 amide bonds. The predicted molar refractivity (Wildman–Crippen MR) is 70.1 cm³/mol. The highest BCUT2D eigenvalue weighted by Crippen LogP contribution is 2.18. The zero-order valence-electron chi connectivity index (χ0n) is 10.9. The van der Waals surface area contributed by atoms with Crippen molar-refractivity contribution in [3.8, 4) is 5.75 Å². The number of aromatic nitrogens is 1. The highest BCUT2D eigenvalue weighted by Gasteiger charge is 2.21.